The molecule has 37 heavy (non-hydrogen) atoms. The van der Waals surface area contributed by atoms with Gasteiger partial charge in [0.25, 0.3) is 5.60 Å². The van der Waals surface area contributed by atoms with Crippen LogP contribution in [0.2, 0.25) is 0 Å². The third-order valence-electron chi connectivity index (χ3n) is 9.10. The molecule has 3 aliphatic rings. The number of hydrogen-bond donors (Lipinski definition) is 4. The minimum absolute atomic E-state index is 0.0124. The summed E-state index contributed by atoms with van der Waals surface area (Å²) in [6, 6.07) is 0. The molecule has 3 fully saturated rings. The van der Waals surface area contributed by atoms with Crippen molar-refractivity contribution in [1.82, 2.24) is 0 Å². The van der Waals surface area contributed by atoms with Gasteiger partial charge in [-0.2, -0.15) is 26.3 Å². The molecule has 0 amide bonds. The van der Waals surface area contributed by atoms with E-state index in [9.17, 15) is 46.8 Å². The van der Waals surface area contributed by atoms with E-state index >= 15 is 0 Å². The van der Waals surface area contributed by atoms with Crippen LogP contribution in [0.5, 0.6) is 0 Å². The Balaban J connectivity index is 1.73. The lowest BCUT2D eigenvalue weighted by atomic mass is 9.60. The quantitative estimate of drug-likeness (QED) is 0.323. The number of fused-ring (bicyclic) bond motifs is 1. The molecule has 3 rings (SSSR count). The molecule has 7 atom stereocenters. The Kier molecular flexibility index (Phi) is 8.70. The molecular formula is C27H38F6O4. The Morgan fingerprint density at radius 2 is 1.70 bits per heavy atom. The molecule has 0 bridgehead atoms. The Morgan fingerprint density at radius 1 is 1.08 bits per heavy atom. The Morgan fingerprint density at radius 3 is 2.30 bits per heavy atom. The fourth-order valence-corrected chi connectivity index (χ4v) is 7.09. The maximum Gasteiger partial charge on any atom is 0.426 e. The van der Waals surface area contributed by atoms with Crippen molar-refractivity contribution in [2.75, 3.05) is 0 Å². The SMILES string of the molecule is C=C1/C(=C/C=C2\CCC[C@]3(C)[C@@H]([C@H](C)C[C@H](O)CC(O)(C(F)(F)F)C(F)(F)F)CC[C@@H]23)C[C@@H](O)C[C@@H]1O. The van der Waals surface area contributed by atoms with Gasteiger partial charge in [-0.05, 0) is 79.3 Å². The lowest BCUT2D eigenvalue weighted by Gasteiger charge is -2.45. The van der Waals surface area contributed by atoms with Crippen molar-refractivity contribution in [3.63, 3.8) is 0 Å². The summed E-state index contributed by atoms with van der Waals surface area (Å²) in [5, 5.41) is 39.8. The summed E-state index contributed by atoms with van der Waals surface area (Å²) in [5.74, 6) is -0.185. The van der Waals surface area contributed by atoms with Crippen molar-refractivity contribution < 1.29 is 46.8 Å². The fraction of sp³-hybridized carbons (Fsp3) is 0.778. The molecule has 4 N–H and O–H groups in total. The van der Waals surface area contributed by atoms with Gasteiger partial charge in [-0.1, -0.05) is 38.2 Å². The second-order valence-corrected chi connectivity index (χ2v) is 11.6. The average Bonchev–Trinajstić information content (AvgIpc) is 3.11. The highest BCUT2D eigenvalue weighted by Crippen LogP contribution is 2.60. The van der Waals surface area contributed by atoms with E-state index in [4.69, 9.17) is 0 Å². The van der Waals surface area contributed by atoms with Crippen LogP contribution in [-0.2, 0) is 0 Å². The molecule has 0 saturated heterocycles. The zero-order valence-corrected chi connectivity index (χ0v) is 21.2. The Labute approximate surface area is 213 Å². The van der Waals surface area contributed by atoms with Crippen molar-refractivity contribution in [2.24, 2.45) is 23.2 Å². The third kappa shape index (κ3) is 5.97. The predicted molar refractivity (Wildman–Crippen MR) is 126 cm³/mol. The monoisotopic (exact) mass is 540 g/mol. The summed E-state index contributed by atoms with van der Waals surface area (Å²) in [6.45, 7) is 7.78. The number of hydrogen-bond acceptors (Lipinski definition) is 4. The van der Waals surface area contributed by atoms with Crippen LogP contribution in [0.15, 0.2) is 35.5 Å². The molecule has 212 valence electrons. The first-order valence-electron chi connectivity index (χ1n) is 12.9. The average molecular weight is 541 g/mol. The number of aliphatic hydroxyl groups excluding tert-OH is 3. The first kappa shape index (κ1) is 30.2. The standard InChI is InChI=1S/C27H38F6O4/c1-15(11-20(35)14-25(37,26(28,29)30)27(31,32)33)21-8-9-22-17(5-4-10-24(21,22)3)6-7-18-12-19(34)13-23(36)16(18)2/h6-7,15,19-23,34-37H,2,4-5,8-14H2,1,3H3/b17-6+,18-7+/t15-,19-,20+,21-,22+,23+,24-/m1/s1. The summed E-state index contributed by atoms with van der Waals surface area (Å²) in [6.07, 6.45) is -8.72. The molecule has 0 radical (unpaired) electrons. The van der Waals surface area contributed by atoms with Gasteiger partial charge in [0.1, 0.15) is 0 Å². The summed E-state index contributed by atoms with van der Waals surface area (Å²) in [7, 11) is 0. The topological polar surface area (TPSA) is 80.9 Å². The van der Waals surface area contributed by atoms with E-state index in [1.165, 1.54) is 5.57 Å². The van der Waals surface area contributed by atoms with Crippen LogP contribution in [0.1, 0.15) is 71.6 Å². The van der Waals surface area contributed by atoms with Crippen molar-refractivity contribution in [2.45, 2.75) is 108 Å². The molecule has 4 nitrogen and oxygen atoms in total. The van der Waals surface area contributed by atoms with Crippen molar-refractivity contribution in [3.05, 3.63) is 35.5 Å². The Bertz CT molecular complexity index is 894. The third-order valence-corrected chi connectivity index (χ3v) is 9.10. The van der Waals surface area contributed by atoms with Crippen molar-refractivity contribution in [3.8, 4) is 0 Å². The molecule has 3 saturated carbocycles. The first-order chi connectivity index (χ1) is 16.9. The van der Waals surface area contributed by atoms with E-state index in [2.05, 4.69) is 13.5 Å². The van der Waals surface area contributed by atoms with E-state index in [-0.39, 0.29) is 36.0 Å². The lowest BCUT2D eigenvalue weighted by Crippen LogP contribution is -2.58. The molecule has 0 unspecified atom stereocenters. The zero-order chi connectivity index (χ0) is 28.0. The van der Waals surface area contributed by atoms with E-state index < -0.39 is 42.7 Å². The van der Waals surface area contributed by atoms with Gasteiger partial charge < -0.3 is 20.4 Å². The fourth-order valence-electron chi connectivity index (χ4n) is 7.09. The van der Waals surface area contributed by atoms with Crippen LogP contribution >= 0.6 is 0 Å². The molecule has 0 heterocycles. The van der Waals surface area contributed by atoms with Gasteiger partial charge in [0.05, 0.1) is 18.3 Å². The molecule has 3 aliphatic carbocycles. The van der Waals surface area contributed by atoms with Crippen LogP contribution in [0.3, 0.4) is 0 Å². The molecule has 0 spiro atoms. The molecule has 0 aromatic rings. The molecule has 10 heteroatoms. The van der Waals surface area contributed by atoms with E-state index in [1.54, 1.807) is 6.92 Å². The van der Waals surface area contributed by atoms with Crippen LogP contribution < -0.4 is 0 Å². The second kappa shape index (κ2) is 10.7. The highest BCUT2D eigenvalue weighted by atomic mass is 19.4. The maximum atomic E-state index is 13.1. The number of aliphatic hydroxyl groups is 4. The predicted octanol–water partition coefficient (Wildman–Crippen LogP) is 5.76. The van der Waals surface area contributed by atoms with E-state index in [0.29, 0.717) is 12.0 Å². The largest absolute Gasteiger partial charge is 0.426 e. The van der Waals surface area contributed by atoms with Gasteiger partial charge in [0.15, 0.2) is 0 Å². The maximum absolute atomic E-state index is 13.1. The van der Waals surface area contributed by atoms with Gasteiger partial charge in [0, 0.05) is 12.8 Å². The highest BCUT2D eigenvalue weighted by Gasteiger charge is 2.70. The number of halogens is 6. The van der Waals surface area contributed by atoms with E-state index in [0.717, 1.165) is 37.7 Å². The molecule has 0 aromatic carbocycles. The molecule has 0 aliphatic heterocycles. The van der Waals surface area contributed by atoms with Crippen molar-refractivity contribution in [1.29, 1.82) is 0 Å². The van der Waals surface area contributed by atoms with Gasteiger partial charge in [0.2, 0.25) is 0 Å². The smallest absolute Gasteiger partial charge is 0.393 e. The normalized spacial score (nSPS) is 35.6. The number of rotatable bonds is 6. The minimum Gasteiger partial charge on any atom is -0.393 e. The van der Waals surface area contributed by atoms with Gasteiger partial charge in [-0.25, -0.2) is 0 Å². The second-order valence-electron chi connectivity index (χ2n) is 11.6. The number of alkyl halides is 6. The van der Waals surface area contributed by atoms with Gasteiger partial charge >= 0.3 is 12.4 Å². The number of allylic oxidation sites excluding steroid dienone is 3. The Hall–Kier alpha value is -1.36. The van der Waals surface area contributed by atoms with Crippen LogP contribution in [0, 0.1) is 23.2 Å². The first-order valence-corrected chi connectivity index (χ1v) is 12.9. The zero-order valence-electron chi connectivity index (χ0n) is 21.2. The lowest BCUT2D eigenvalue weighted by molar-refractivity contribution is -0.374. The minimum atomic E-state index is -5.95. The van der Waals surface area contributed by atoms with Crippen LogP contribution in [0.25, 0.3) is 0 Å². The van der Waals surface area contributed by atoms with Gasteiger partial charge in [-0.3, -0.25) is 0 Å². The summed E-state index contributed by atoms with van der Waals surface area (Å²) in [5.41, 5.74) is -2.61. The van der Waals surface area contributed by atoms with Crippen LogP contribution in [-0.4, -0.2) is 56.7 Å². The summed E-state index contributed by atoms with van der Waals surface area (Å²) in [4.78, 5) is 0. The van der Waals surface area contributed by atoms with Gasteiger partial charge in [-0.15, -0.1) is 0 Å². The molecule has 0 aromatic heterocycles. The van der Waals surface area contributed by atoms with Crippen LogP contribution in [0.4, 0.5) is 26.3 Å². The van der Waals surface area contributed by atoms with Crippen molar-refractivity contribution >= 4 is 0 Å². The molecular weight excluding hydrogens is 502 g/mol. The summed E-state index contributed by atoms with van der Waals surface area (Å²) < 4.78 is 78.4. The van der Waals surface area contributed by atoms with E-state index in [1.807, 2.05) is 12.2 Å². The summed E-state index contributed by atoms with van der Waals surface area (Å²) >= 11 is 0. The highest BCUT2D eigenvalue weighted by molar-refractivity contribution is 5.38.